The van der Waals surface area contributed by atoms with Crippen LogP contribution in [-0.2, 0) is 19.2 Å². The number of fused-ring (bicyclic) bond motifs is 1. The van der Waals surface area contributed by atoms with Gasteiger partial charge in [-0.05, 0) is 0 Å². The Morgan fingerprint density at radius 2 is 2.23 bits per heavy atom. The van der Waals surface area contributed by atoms with E-state index in [1.165, 1.54) is 28.1 Å². The maximum absolute atomic E-state index is 12.6. The van der Waals surface area contributed by atoms with E-state index in [9.17, 15) is 24.3 Å². The molecule has 1 aromatic rings. The molecule has 3 rings (SSSR count). The smallest absolute Gasteiger partial charge is 0.549 e. The van der Waals surface area contributed by atoms with Crippen molar-refractivity contribution in [2.75, 3.05) is 22.9 Å². The number of hydrogen-bond acceptors (Lipinski definition) is 9. The van der Waals surface area contributed by atoms with Crippen LogP contribution in [0.3, 0.4) is 0 Å². The number of carboxylic acid groups (broad SMARTS) is 1. The van der Waals surface area contributed by atoms with Crippen LogP contribution in [0.5, 0.6) is 0 Å². The third kappa shape index (κ3) is 3.18. The van der Waals surface area contributed by atoms with E-state index in [0.29, 0.717) is 0 Å². The fourth-order valence-electron chi connectivity index (χ4n) is 2.85. The number of thiazole rings is 1. The molecule has 0 spiro atoms. The van der Waals surface area contributed by atoms with Crippen molar-refractivity contribution in [3.05, 3.63) is 18.0 Å². The van der Waals surface area contributed by atoms with E-state index in [0.717, 1.165) is 16.2 Å². The number of hydrogen-bond donors (Lipinski definition) is 1. The van der Waals surface area contributed by atoms with Crippen LogP contribution in [0.2, 0.25) is 0 Å². The van der Waals surface area contributed by atoms with Gasteiger partial charge in [0.1, 0.15) is 17.2 Å². The Kier molecular flexibility index (Phi) is 6.18. The van der Waals surface area contributed by atoms with E-state index < -0.39 is 34.6 Å². The minimum absolute atomic E-state index is 0. The van der Waals surface area contributed by atoms with Crippen molar-refractivity contribution in [1.82, 2.24) is 9.88 Å². The zero-order valence-electron chi connectivity index (χ0n) is 13.8. The van der Waals surface area contributed by atoms with Crippen LogP contribution in [0, 0.1) is 5.41 Å². The van der Waals surface area contributed by atoms with Gasteiger partial charge in [-0.2, -0.15) is 0 Å². The molecular weight excluding hydrogens is 391 g/mol. The van der Waals surface area contributed by atoms with Crippen molar-refractivity contribution in [2.45, 2.75) is 11.4 Å². The summed E-state index contributed by atoms with van der Waals surface area (Å²) < 4.78 is 0. The number of amides is 2. The second-order valence-electron chi connectivity index (χ2n) is 5.63. The van der Waals surface area contributed by atoms with Crippen molar-refractivity contribution in [1.29, 1.82) is 0 Å². The molecule has 12 heteroatoms. The summed E-state index contributed by atoms with van der Waals surface area (Å²) in [5, 5.41) is 12.6. The van der Waals surface area contributed by atoms with Gasteiger partial charge in [-0.3, -0.25) is 19.3 Å². The van der Waals surface area contributed by atoms with Crippen LogP contribution in [0.15, 0.2) is 18.0 Å². The fraction of sp³-hybridized carbons (Fsp3) is 0.357. The van der Waals surface area contributed by atoms with Gasteiger partial charge in [0, 0.05) is 17.7 Å². The first-order valence-corrected chi connectivity index (χ1v) is 9.04. The van der Waals surface area contributed by atoms with E-state index in [1.807, 2.05) is 0 Å². The topological polar surface area (TPSA) is 137 Å². The number of anilines is 2. The van der Waals surface area contributed by atoms with Crippen molar-refractivity contribution in [3.8, 4) is 0 Å². The molecule has 2 aliphatic rings. The normalized spacial score (nSPS) is 26.8. The summed E-state index contributed by atoms with van der Waals surface area (Å²) in [6.45, 7) is 3.44. The zero-order valence-corrected chi connectivity index (χ0v) is 17.4. The first-order chi connectivity index (χ1) is 11.8. The molecule has 0 radical (unpaired) electrons. The SMILES string of the molecule is C=CC1(C(=O)[O-])CS[C@@H]2C(N(C(=O)C=O)c3csc(N)n3)C(=O)N2C1.[Na+]. The van der Waals surface area contributed by atoms with Crippen LogP contribution >= 0.6 is 23.1 Å². The number of carboxylic acids is 1. The molecule has 132 valence electrons. The number of aliphatic carboxylic acids is 1. The summed E-state index contributed by atoms with van der Waals surface area (Å²) in [5.41, 5.74) is 4.23. The Bertz CT molecular complexity index is 787. The third-order valence-corrected chi connectivity index (χ3v) is 6.44. The average Bonchev–Trinajstić information content (AvgIpc) is 3.03. The maximum Gasteiger partial charge on any atom is 1.00 e. The summed E-state index contributed by atoms with van der Waals surface area (Å²) in [4.78, 5) is 53.4. The van der Waals surface area contributed by atoms with Gasteiger partial charge in [-0.25, -0.2) is 4.98 Å². The summed E-state index contributed by atoms with van der Waals surface area (Å²) in [6, 6.07) is -0.936. The molecular formula is C14H13N4NaO5S2. The van der Waals surface area contributed by atoms with Gasteiger partial charge in [0.15, 0.2) is 5.13 Å². The molecule has 26 heavy (non-hydrogen) atoms. The van der Waals surface area contributed by atoms with Gasteiger partial charge < -0.3 is 20.5 Å². The molecule has 0 aromatic carbocycles. The number of carbonyl (C=O) groups excluding carboxylic acids is 4. The first-order valence-electron chi connectivity index (χ1n) is 7.11. The Hall–Kier alpha value is -1.40. The van der Waals surface area contributed by atoms with Crippen LogP contribution in [-0.4, -0.2) is 57.7 Å². The van der Waals surface area contributed by atoms with E-state index in [2.05, 4.69) is 11.6 Å². The number of rotatable bonds is 5. The Labute approximate surface area is 178 Å². The predicted octanol–water partition coefficient (Wildman–Crippen LogP) is -4.53. The minimum atomic E-state index is -1.34. The molecule has 0 saturated carbocycles. The fourth-order valence-corrected chi connectivity index (χ4v) is 4.96. The average molecular weight is 404 g/mol. The van der Waals surface area contributed by atoms with Crippen LogP contribution < -0.4 is 45.3 Å². The predicted molar refractivity (Wildman–Crippen MR) is 89.5 cm³/mol. The number of nitrogens with zero attached hydrogens (tertiary/aromatic N) is 3. The van der Waals surface area contributed by atoms with Gasteiger partial charge in [-0.15, -0.1) is 29.7 Å². The van der Waals surface area contributed by atoms with Crippen molar-refractivity contribution in [3.63, 3.8) is 0 Å². The molecule has 2 fully saturated rings. The molecule has 9 nitrogen and oxygen atoms in total. The molecule has 2 saturated heterocycles. The second-order valence-corrected chi connectivity index (χ2v) is 7.62. The first kappa shape index (κ1) is 20.9. The van der Waals surface area contributed by atoms with Gasteiger partial charge in [0.2, 0.25) is 12.2 Å². The maximum atomic E-state index is 12.6. The Balaban J connectivity index is 0.00000243. The second kappa shape index (κ2) is 7.69. The Morgan fingerprint density at radius 3 is 2.73 bits per heavy atom. The van der Waals surface area contributed by atoms with Crippen molar-refractivity contribution in [2.24, 2.45) is 5.41 Å². The third-order valence-electron chi connectivity index (χ3n) is 4.25. The van der Waals surface area contributed by atoms with E-state index in [1.54, 1.807) is 0 Å². The number of aromatic nitrogens is 1. The number of nitrogens with two attached hydrogens (primary N) is 1. The van der Waals surface area contributed by atoms with Gasteiger partial charge in [-0.1, -0.05) is 6.08 Å². The molecule has 0 bridgehead atoms. The summed E-state index contributed by atoms with van der Waals surface area (Å²) in [6.07, 6.45) is 1.37. The minimum Gasteiger partial charge on any atom is -0.549 e. The monoisotopic (exact) mass is 404 g/mol. The number of aldehydes is 1. The molecule has 2 amide bonds. The molecule has 2 N–H and O–H groups in total. The molecule has 3 heterocycles. The molecule has 2 unspecified atom stereocenters. The standard InChI is InChI=1S/C14H14N4O5S2.Na/c1-2-14(12(22)23)5-17-10(21)9(11(17)25-6-14)18(8(20)3-19)7-4-24-13(15)16-7;/h2-4,9,11H,1,5-6H2,(H2,15,16)(H,22,23);/q;+1/p-1/t9?,11-,14?;/m1./s1. The molecule has 1 aromatic heterocycles. The van der Waals surface area contributed by atoms with Gasteiger partial charge >= 0.3 is 29.6 Å². The molecule has 0 aliphatic carbocycles. The zero-order chi connectivity index (χ0) is 18.4. The summed E-state index contributed by atoms with van der Waals surface area (Å²) in [7, 11) is 0. The largest absolute Gasteiger partial charge is 1.00 e. The molecule has 3 atom stereocenters. The van der Waals surface area contributed by atoms with E-state index in [-0.39, 0.29) is 59.1 Å². The number of nitrogen functional groups attached to an aromatic ring is 1. The van der Waals surface area contributed by atoms with Crippen molar-refractivity contribution >= 4 is 58.1 Å². The number of β-lactam (4-membered cyclic amide) rings is 1. The number of carbonyl (C=O) groups is 4. The van der Waals surface area contributed by atoms with Crippen LogP contribution in [0.1, 0.15) is 0 Å². The molecule has 2 aliphatic heterocycles. The summed E-state index contributed by atoms with van der Waals surface area (Å²) in [5.74, 6) is -2.42. The quantitative estimate of drug-likeness (QED) is 0.170. The van der Waals surface area contributed by atoms with Crippen LogP contribution in [0.25, 0.3) is 0 Å². The van der Waals surface area contributed by atoms with Gasteiger partial charge in [0.05, 0.1) is 11.4 Å². The van der Waals surface area contributed by atoms with Gasteiger partial charge in [0.25, 0.3) is 5.91 Å². The summed E-state index contributed by atoms with van der Waals surface area (Å²) >= 11 is 2.27. The Morgan fingerprint density at radius 1 is 1.54 bits per heavy atom. The van der Waals surface area contributed by atoms with Crippen LogP contribution in [0.4, 0.5) is 10.9 Å². The number of thioether (sulfide) groups is 1. The van der Waals surface area contributed by atoms with Crippen molar-refractivity contribution < 1.29 is 53.8 Å². The van der Waals surface area contributed by atoms with E-state index in [4.69, 9.17) is 5.73 Å². The van der Waals surface area contributed by atoms with E-state index >= 15 is 0 Å².